The van der Waals surface area contributed by atoms with E-state index in [1.165, 1.54) is 11.1 Å². The van der Waals surface area contributed by atoms with Crippen molar-refractivity contribution in [2.75, 3.05) is 0 Å². The van der Waals surface area contributed by atoms with Crippen molar-refractivity contribution in [3.05, 3.63) is 69.2 Å². The van der Waals surface area contributed by atoms with Crippen molar-refractivity contribution < 1.29 is 0 Å². The van der Waals surface area contributed by atoms with Crippen LogP contribution in [0.3, 0.4) is 0 Å². The average molecular weight is 322 g/mol. The number of nitrogens with one attached hydrogen (secondary N) is 1. The monoisotopic (exact) mass is 321 g/mol. The Morgan fingerprint density at radius 2 is 1.52 bits per heavy atom. The van der Waals surface area contributed by atoms with Gasteiger partial charge in [-0.2, -0.15) is 0 Å². The van der Waals surface area contributed by atoms with E-state index >= 15 is 0 Å². The zero-order valence-corrected chi connectivity index (χ0v) is 14.2. The van der Waals surface area contributed by atoms with Gasteiger partial charge in [0.25, 0.3) is 0 Å². The molecule has 1 nitrogen and oxygen atoms in total. The highest BCUT2D eigenvalue weighted by atomic mass is 35.5. The van der Waals surface area contributed by atoms with Crippen LogP contribution in [0.4, 0.5) is 0 Å². The molecule has 2 aromatic rings. The minimum absolute atomic E-state index is 0.265. The average Bonchev–Trinajstić information content (AvgIpc) is 2.48. The molecule has 3 heteroatoms. The maximum atomic E-state index is 6.21. The lowest BCUT2D eigenvalue weighted by atomic mass is 9.99. The number of hydrogen-bond donors (Lipinski definition) is 1. The largest absolute Gasteiger partial charge is 0.306 e. The van der Waals surface area contributed by atoms with Gasteiger partial charge in [-0.25, -0.2) is 0 Å². The molecule has 0 aromatic heterocycles. The predicted molar refractivity (Wildman–Crippen MR) is 92.2 cm³/mol. The molecule has 0 aliphatic carbocycles. The van der Waals surface area contributed by atoms with Gasteiger partial charge in [0.2, 0.25) is 0 Å². The first-order valence-corrected chi connectivity index (χ1v) is 8.00. The van der Waals surface area contributed by atoms with Crippen LogP contribution in [0.1, 0.15) is 49.4 Å². The highest BCUT2D eigenvalue weighted by Gasteiger charge is 2.08. The Kier molecular flexibility index (Phi) is 5.69. The van der Waals surface area contributed by atoms with E-state index in [0.29, 0.717) is 22.5 Å². The second-order valence-corrected chi connectivity index (χ2v) is 6.42. The molecule has 0 spiro atoms. The summed E-state index contributed by atoms with van der Waals surface area (Å²) in [5.74, 6) is 0.563. The fraction of sp³-hybridized carbons (Fsp3) is 0.333. The fourth-order valence-electron chi connectivity index (χ4n) is 2.24. The molecule has 0 heterocycles. The van der Waals surface area contributed by atoms with Crippen LogP contribution >= 0.6 is 23.2 Å². The second kappa shape index (κ2) is 7.31. The first-order valence-electron chi connectivity index (χ1n) is 7.25. The van der Waals surface area contributed by atoms with Crippen LogP contribution in [-0.4, -0.2) is 0 Å². The molecule has 0 saturated heterocycles. The minimum atomic E-state index is 0.265. The Morgan fingerprint density at radius 3 is 2.14 bits per heavy atom. The van der Waals surface area contributed by atoms with Crippen molar-refractivity contribution >= 4 is 23.2 Å². The minimum Gasteiger partial charge on any atom is -0.306 e. The van der Waals surface area contributed by atoms with Gasteiger partial charge in [-0.1, -0.05) is 73.4 Å². The number of halogens is 2. The molecule has 0 aliphatic rings. The lowest BCUT2D eigenvalue weighted by molar-refractivity contribution is 0.574. The first kappa shape index (κ1) is 16.4. The standard InChI is InChI=1S/C18H21Cl2N/c1-12(2)14-7-9-15(10-8-14)13(3)21-11-16-5-4-6-17(19)18(16)20/h4-10,12-13,21H,11H2,1-3H3. The van der Waals surface area contributed by atoms with Gasteiger partial charge in [0.1, 0.15) is 0 Å². The first-order chi connectivity index (χ1) is 9.99. The third-order valence-electron chi connectivity index (χ3n) is 3.73. The molecule has 0 amide bonds. The summed E-state index contributed by atoms with van der Waals surface area (Å²) < 4.78 is 0. The van der Waals surface area contributed by atoms with Gasteiger partial charge in [0.15, 0.2) is 0 Å². The van der Waals surface area contributed by atoms with Crippen molar-refractivity contribution in [1.82, 2.24) is 5.32 Å². The van der Waals surface area contributed by atoms with Crippen LogP contribution in [-0.2, 0) is 6.54 Å². The summed E-state index contributed by atoms with van der Waals surface area (Å²) in [6.45, 7) is 7.27. The predicted octanol–water partition coefficient (Wildman–Crippen LogP) is 5.97. The molecule has 112 valence electrons. The van der Waals surface area contributed by atoms with Crippen LogP contribution in [0.5, 0.6) is 0 Å². The third kappa shape index (κ3) is 4.23. The molecule has 1 atom stereocenters. The van der Waals surface area contributed by atoms with Gasteiger partial charge in [0, 0.05) is 12.6 Å². The highest BCUT2D eigenvalue weighted by molar-refractivity contribution is 6.42. The van der Waals surface area contributed by atoms with E-state index in [2.05, 4.69) is 50.4 Å². The number of hydrogen-bond acceptors (Lipinski definition) is 1. The molecule has 2 aromatic carbocycles. The van der Waals surface area contributed by atoms with Crippen molar-refractivity contribution in [2.24, 2.45) is 0 Å². The molecule has 0 bridgehead atoms. The Labute approximate surface area is 137 Å². The van der Waals surface area contributed by atoms with Crippen molar-refractivity contribution in [3.63, 3.8) is 0 Å². The van der Waals surface area contributed by atoms with Gasteiger partial charge >= 0.3 is 0 Å². The van der Waals surface area contributed by atoms with E-state index in [1.54, 1.807) is 0 Å². The van der Waals surface area contributed by atoms with Crippen molar-refractivity contribution in [1.29, 1.82) is 0 Å². The normalized spacial score (nSPS) is 12.7. The van der Waals surface area contributed by atoms with E-state index in [-0.39, 0.29) is 6.04 Å². The third-order valence-corrected chi connectivity index (χ3v) is 4.59. The summed E-state index contributed by atoms with van der Waals surface area (Å²) in [7, 11) is 0. The summed E-state index contributed by atoms with van der Waals surface area (Å²) in [4.78, 5) is 0. The fourth-order valence-corrected chi connectivity index (χ4v) is 2.62. The molecular weight excluding hydrogens is 301 g/mol. The molecule has 21 heavy (non-hydrogen) atoms. The van der Waals surface area contributed by atoms with E-state index in [0.717, 1.165) is 5.56 Å². The van der Waals surface area contributed by atoms with Gasteiger partial charge in [-0.05, 0) is 35.6 Å². The van der Waals surface area contributed by atoms with Gasteiger partial charge in [-0.15, -0.1) is 0 Å². The molecule has 0 radical (unpaired) electrons. The van der Waals surface area contributed by atoms with Gasteiger partial charge < -0.3 is 5.32 Å². The molecule has 0 aliphatic heterocycles. The summed E-state index contributed by atoms with van der Waals surface area (Å²) in [5.41, 5.74) is 3.66. The molecule has 1 unspecified atom stereocenters. The summed E-state index contributed by atoms with van der Waals surface area (Å²) in [6.07, 6.45) is 0. The molecule has 0 fully saturated rings. The maximum Gasteiger partial charge on any atom is 0.0637 e. The summed E-state index contributed by atoms with van der Waals surface area (Å²) in [5, 5.41) is 4.72. The van der Waals surface area contributed by atoms with Crippen LogP contribution < -0.4 is 5.32 Å². The number of benzene rings is 2. The van der Waals surface area contributed by atoms with Crippen molar-refractivity contribution in [3.8, 4) is 0 Å². The SMILES string of the molecule is CC(C)c1ccc(C(C)NCc2cccc(Cl)c2Cl)cc1. The molecule has 1 N–H and O–H groups in total. The van der Waals surface area contributed by atoms with Crippen LogP contribution in [0, 0.1) is 0 Å². The lowest BCUT2D eigenvalue weighted by Crippen LogP contribution is -2.18. The smallest absolute Gasteiger partial charge is 0.0637 e. The summed E-state index contributed by atoms with van der Waals surface area (Å²) in [6, 6.07) is 14.8. The zero-order valence-electron chi connectivity index (χ0n) is 12.7. The van der Waals surface area contributed by atoms with E-state index in [4.69, 9.17) is 23.2 Å². The Morgan fingerprint density at radius 1 is 0.905 bits per heavy atom. The van der Waals surface area contributed by atoms with Crippen molar-refractivity contribution in [2.45, 2.75) is 39.3 Å². The van der Waals surface area contributed by atoms with Gasteiger partial charge in [-0.3, -0.25) is 0 Å². The van der Waals surface area contributed by atoms with E-state index in [9.17, 15) is 0 Å². The molecular formula is C18H21Cl2N. The van der Waals surface area contributed by atoms with Gasteiger partial charge in [0.05, 0.1) is 10.0 Å². The van der Waals surface area contributed by atoms with Crippen LogP contribution in [0.25, 0.3) is 0 Å². The highest BCUT2D eigenvalue weighted by Crippen LogP contribution is 2.26. The van der Waals surface area contributed by atoms with Crippen LogP contribution in [0.2, 0.25) is 10.0 Å². The Balaban J connectivity index is 2.01. The molecule has 2 rings (SSSR count). The Hall–Kier alpha value is -1.02. The Bertz CT molecular complexity index is 591. The number of rotatable bonds is 5. The molecule has 0 saturated carbocycles. The van der Waals surface area contributed by atoms with E-state index < -0.39 is 0 Å². The lowest BCUT2D eigenvalue weighted by Gasteiger charge is -2.16. The second-order valence-electron chi connectivity index (χ2n) is 5.64. The van der Waals surface area contributed by atoms with Crippen LogP contribution in [0.15, 0.2) is 42.5 Å². The zero-order chi connectivity index (χ0) is 15.4. The quantitative estimate of drug-likeness (QED) is 0.715. The topological polar surface area (TPSA) is 12.0 Å². The maximum absolute atomic E-state index is 6.21. The summed E-state index contributed by atoms with van der Waals surface area (Å²) >= 11 is 12.2. The van der Waals surface area contributed by atoms with E-state index in [1.807, 2.05) is 18.2 Å².